The van der Waals surface area contributed by atoms with Gasteiger partial charge in [0.05, 0.1) is 24.7 Å². The molecular formula is C21H17Cl3FN5O4. The third-order valence-electron chi connectivity index (χ3n) is 4.36. The first-order valence-electron chi connectivity index (χ1n) is 9.51. The summed E-state index contributed by atoms with van der Waals surface area (Å²) in [7, 11) is 1.24. The smallest absolute Gasteiger partial charge is 0.412 e. The zero-order valence-electron chi connectivity index (χ0n) is 17.7. The first-order chi connectivity index (χ1) is 16.1. The summed E-state index contributed by atoms with van der Waals surface area (Å²) in [6.45, 7) is 1.17. The third-order valence-corrected chi connectivity index (χ3v) is 4.68. The fourth-order valence-corrected chi connectivity index (χ4v) is 2.99. The van der Waals surface area contributed by atoms with Crippen molar-refractivity contribution in [1.29, 1.82) is 0 Å². The summed E-state index contributed by atoms with van der Waals surface area (Å²) in [6, 6.07) is 7.69. The quantitative estimate of drug-likeness (QED) is 0.405. The molecule has 0 spiro atoms. The van der Waals surface area contributed by atoms with Gasteiger partial charge in [0, 0.05) is 17.3 Å². The molecule has 178 valence electrons. The van der Waals surface area contributed by atoms with Crippen LogP contribution in [0.3, 0.4) is 0 Å². The van der Waals surface area contributed by atoms with Crippen LogP contribution in [0.25, 0.3) is 22.4 Å². The van der Waals surface area contributed by atoms with Gasteiger partial charge in [-0.05, 0) is 48.4 Å². The van der Waals surface area contributed by atoms with Gasteiger partial charge in [-0.3, -0.25) is 10.6 Å². The first-order valence-corrected chi connectivity index (χ1v) is 10.6. The fraction of sp³-hybridized carbons (Fsp3) is 0.190. The molecule has 0 unspecified atom stereocenters. The minimum absolute atomic E-state index is 0.157. The molecule has 0 saturated carbocycles. The number of halogens is 4. The van der Waals surface area contributed by atoms with Gasteiger partial charge in [-0.15, -0.1) is 0 Å². The Hall–Kier alpha value is -3.21. The molecular weight excluding hydrogens is 512 g/mol. The van der Waals surface area contributed by atoms with Crippen molar-refractivity contribution >= 4 is 58.5 Å². The fourth-order valence-electron chi connectivity index (χ4n) is 2.83. The number of nitrogens with one attached hydrogen (secondary N) is 2. The van der Waals surface area contributed by atoms with Gasteiger partial charge in [0.2, 0.25) is 3.79 Å². The number of hydrogen-bond donors (Lipinski definition) is 2. The summed E-state index contributed by atoms with van der Waals surface area (Å²) >= 11 is 16.7. The summed E-state index contributed by atoms with van der Waals surface area (Å²) < 4.78 is 22.0. The topological polar surface area (TPSA) is 115 Å². The average Bonchev–Trinajstić information content (AvgIpc) is 2.79. The highest BCUT2D eigenvalue weighted by Crippen LogP contribution is 2.31. The molecule has 3 aromatic rings. The Morgan fingerprint density at radius 3 is 2.56 bits per heavy atom. The van der Waals surface area contributed by atoms with Crippen molar-refractivity contribution in [1.82, 2.24) is 15.2 Å². The van der Waals surface area contributed by atoms with Gasteiger partial charge < -0.3 is 9.47 Å². The number of alkyl halides is 3. The molecule has 2 amide bonds. The molecule has 1 aromatic carbocycles. The molecule has 0 saturated heterocycles. The van der Waals surface area contributed by atoms with Crippen LogP contribution in [-0.2, 0) is 9.47 Å². The second kappa shape index (κ2) is 10.8. The summed E-state index contributed by atoms with van der Waals surface area (Å²) in [5.41, 5.74) is 2.65. The predicted molar refractivity (Wildman–Crippen MR) is 127 cm³/mol. The van der Waals surface area contributed by atoms with Crippen molar-refractivity contribution in [3.05, 3.63) is 54.1 Å². The Kier molecular flexibility index (Phi) is 8.08. The standard InChI is InChI=1S/C21H17Cl3FN5O4/c1-11-5-15(25)17(28-20(32)34-10-21(22,23)24)8-14(11)16-6-13(9-27-30-16)12-3-4-26-18(7-12)29-19(31)33-2/h3-9H,10H2,1-2H3,(H,28,32)(H,26,29,31). The van der Waals surface area contributed by atoms with Crippen molar-refractivity contribution < 1.29 is 23.5 Å². The van der Waals surface area contributed by atoms with E-state index < -0.39 is 28.4 Å². The first kappa shape index (κ1) is 25.4. The lowest BCUT2D eigenvalue weighted by Gasteiger charge is -2.14. The molecule has 2 N–H and O–H groups in total. The van der Waals surface area contributed by atoms with Gasteiger partial charge >= 0.3 is 12.2 Å². The maximum Gasteiger partial charge on any atom is 0.412 e. The number of aryl methyl sites for hydroxylation is 1. The number of nitrogens with zero attached hydrogens (tertiary/aromatic N) is 3. The zero-order chi connectivity index (χ0) is 24.9. The number of ether oxygens (including phenoxy) is 2. The van der Waals surface area contributed by atoms with Crippen molar-refractivity contribution in [3.63, 3.8) is 0 Å². The Morgan fingerprint density at radius 1 is 1.09 bits per heavy atom. The van der Waals surface area contributed by atoms with Crippen LogP contribution >= 0.6 is 34.8 Å². The predicted octanol–water partition coefficient (Wildman–Crippen LogP) is 5.75. The number of rotatable bonds is 5. The van der Waals surface area contributed by atoms with Crippen LogP contribution in [0, 0.1) is 12.7 Å². The molecule has 3 rings (SSSR count). The van der Waals surface area contributed by atoms with E-state index >= 15 is 0 Å². The number of benzene rings is 1. The Labute approximate surface area is 208 Å². The number of amides is 2. The SMILES string of the molecule is COC(=O)Nc1cc(-c2cnnc(-c3cc(NC(=O)OCC(Cl)(Cl)Cl)c(F)cc3C)c2)ccn1. The van der Waals surface area contributed by atoms with Crippen LogP contribution < -0.4 is 10.6 Å². The molecule has 0 fully saturated rings. The van der Waals surface area contributed by atoms with E-state index in [1.54, 1.807) is 25.1 Å². The number of pyridine rings is 1. The normalized spacial score (nSPS) is 11.0. The Bertz CT molecular complexity index is 1220. The molecule has 0 aliphatic carbocycles. The van der Waals surface area contributed by atoms with E-state index in [0.717, 1.165) is 0 Å². The van der Waals surface area contributed by atoms with Crippen LogP contribution in [0.1, 0.15) is 5.56 Å². The lowest BCUT2D eigenvalue weighted by atomic mass is 10.0. The number of anilines is 2. The van der Waals surface area contributed by atoms with Gasteiger partial charge in [0.1, 0.15) is 18.2 Å². The van der Waals surface area contributed by atoms with E-state index in [4.69, 9.17) is 39.5 Å². The van der Waals surface area contributed by atoms with Crippen molar-refractivity contribution in [2.75, 3.05) is 24.4 Å². The number of aromatic nitrogens is 3. The minimum Gasteiger partial charge on any atom is -0.453 e. The van der Waals surface area contributed by atoms with E-state index in [-0.39, 0.29) is 11.5 Å². The zero-order valence-corrected chi connectivity index (χ0v) is 20.0. The maximum absolute atomic E-state index is 14.5. The van der Waals surface area contributed by atoms with Crippen molar-refractivity contribution in [2.45, 2.75) is 10.7 Å². The molecule has 0 aliphatic rings. The summed E-state index contributed by atoms with van der Waals surface area (Å²) in [5.74, 6) is -0.413. The number of carbonyl (C=O) groups is 2. The molecule has 0 bridgehead atoms. The van der Waals surface area contributed by atoms with E-state index in [1.807, 2.05) is 0 Å². The van der Waals surface area contributed by atoms with Gasteiger partial charge in [0.15, 0.2) is 0 Å². The molecule has 13 heteroatoms. The molecule has 0 atom stereocenters. The molecule has 2 aromatic heterocycles. The van der Waals surface area contributed by atoms with Gasteiger partial charge in [-0.25, -0.2) is 19.0 Å². The summed E-state index contributed by atoms with van der Waals surface area (Å²) in [6.07, 6.45) is 1.37. The van der Waals surface area contributed by atoms with Crippen molar-refractivity contribution in [2.24, 2.45) is 0 Å². The van der Waals surface area contributed by atoms with Crippen LogP contribution in [0.15, 0.2) is 42.7 Å². The second-order valence-electron chi connectivity index (χ2n) is 6.84. The van der Waals surface area contributed by atoms with Gasteiger partial charge in [-0.2, -0.15) is 10.2 Å². The summed E-state index contributed by atoms with van der Waals surface area (Å²) in [5, 5.41) is 12.9. The van der Waals surface area contributed by atoms with Crippen LogP contribution in [0.4, 0.5) is 25.5 Å². The van der Waals surface area contributed by atoms with E-state index in [1.165, 1.54) is 31.6 Å². The average molecular weight is 529 g/mol. The van der Waals surface area contributed by atoms with E-state index in [0.29, 0.717) is 27.9 Å². The third kappa shape index (κ3) is 6.89. The molecule has 9 nitrogen and oxygen atoms in total. The second-order valence-corrected chi connectivity index (χ2v) is 9.36. The van der Waals surface area contributed by atoms with Crippen LogP contribution in [0.5, 0.6) is 0 Å². The highest BCUT2D eigenvalue weighted by molar-refractivity contribution is 6.67. The summed E-state index contributed by atoms with van der Waals surface area (Å²) in [4.78, 5) is 27.5. The van der Waals surface area contributed by atoms with E-state index in [9.17, 15) is 14.0 Å². The van der Waals surface area contributed by atoms with Gasteiger partial charge in [0.25, 0.3) is 0 Å². The van der Waals surface area contributed by atoms with Gasteiger partial charge in [-0.1, -0.05) is 34.8 Å². The Balaban J connectivity index is 1.89. The highest BCUT2D eigenvalue weighted by atomic mass is 35.6. The molecule has 2 heterocycles. The monoisotopic (exact) mass is 527 g/mol. The lowest BCUT2D eigenvalue weighted by Crippen LogP contribution is -2.21. The largest absolute Gasteiger partial charge is 0.453 e. The number of carbonyl (C=O) groups excluding carboxylic acids is 2. The molecule has 0 aliphatic heterocycles. The van der Waals surface area contributed by atoms with Crippen molar-refractivity contribution in [3.8, 4) is 22.4 Å². The van der Waals surface area contributed by atoms with Crippen LogP contribution in [0.2, 0.25) is 0 Å². The maximum atomic E-state index is 14.5. The molecule has 34 heavy (non-hydrogen) atoms. The van der Waals surface area contributed by atoms with Crippen LogP contribution in [-0.4, -0.2) is 44.9 Å². The minimum atomic E-state index is -1.80. The number of methoxy groups -OCH3 is 1. The lowest BCUT2D eigenvalue weighted by molar-refractivity contribution is 0.163. The number of hydrogen-bond acceptors (Lipinski definition) is 7. The molecule has 0 radical (unpaired) electrons. The highest BCUT2D eigenvalue weighted by Gasteiger charge is 2.23. The Morgan fingerprint density at radius 2 is 1.85 bits per heavy atom. The van der Waals surface area contributed by atoms with E-state index in [2.05, 4.69) is 30.6 Å².